The Morgan fingerprint density at radius 1 is 1.86 bits per heavy atom. The molecule has 2 nitrogen and oxygen atoms in total. The van der Waals surface area contributed by atoms with Gasteiger partial charge in [0.1, 0.15) is 0 Å². The molecule has 7 heavy (non-hydrogen) atoms. The highest BCUT2D eigenvalue weighted by molar-refractivity contribution is 4.83. The molecule has 0 fully saturated rings. The van der Waals surface area contributed by atoms with Crippen LogP contribution in [0.2, 0.25) is 0 Å². The molecule has 0 aromatic rings. The molecule has 0 bridgehead atoms. The van der Waals surface area contributed by atoms with Crippen molar-refractivity contribution in [2.45, 2.75) is 0 Å². The summed E-state index contributed by atoms with van der Waals surface area (Å²) in [7, 11) is 0. The third-order valence-electron chi connectivity index (χ3n) is 0.829. The summed E-state index contributed by atoms with van der Waals surface area (Å²) in [6.45, 7) is 5.01. The summed E-state index contributed by atoms with van der Waals surface area (Å²) in [5, 5.41) is 1.69. The van der Waals surface area contributed by atoms with Gasteiger partial charge in [-0.3, -0.25) is 9.90 Å². The Morgan fingerprint density at radius 2 is 2.71 bits per heavy atom. The van der Waals surface area contributed by atoms with E-state index < -0.39 is 0 Å². The molecule has 0 atom stereocenters. The normalized spacial score (nSPS) is 18.7. The molecular formula is C5H8NO. The Hall–Kier alpha value is -0.500. The molecule has 0 N–H and O–H groups in total. The molecule has 1 aliphatic heterocycles. The summed E-state index contributed by atoms with van der Waals surface area (Å²) < 4.78 is 0. The molecule has 0 unspecified atom stereocenters. The Kier molecular flexibility index (Phi) is 1.32. The van der Waals surface area contributed by atoms with E-state index in [-0.39, 0.29) is 0 Å². The smallest absolute Gasteiger partial charge is 0.0947 e. The lowest BCUT2D eigenvalue weighted by Crippen LogP contribution is -2.11. The van der Waals surface area contributed by atoms with E-state index in [1.165, 1.54) is 0 Å². The quantitative estimate of drug-likeness (QED) is 0.475. The van der Waals surface area contributed by atoms with Crippen LogP contribution < -0.4 is 0 Å². The molecule has 0 aromatic carbocycles. The van der Waals surface area contributed by atoms with Gasteiger partial charge in [-0.2, -0.15) is 0 Å². The van der Waals surface area contributed by atoms with Gasteiger partial charge in [-0.25, -0.2) is 0 Å². The lowest BCUT2D eigenvalue weighted by Gasteiger charge is -2.08. The van der Waals surface area contributed by atoms with Gasteiger partial charge in [0.15, 0.2) is 0 Å². The second kappa shape index (κ2) is 1.98. The zero-order valence-corrected chi connectivity index (χ0v) is 4.13. The van der Waals surface area contributed by atoms with Gasteiger partial charge in [0.25, 0.3) is 0 Å². The minimum absolute atomic E-state index is 0.691. The average Bonchev–Trinajstić information content (AvgIpc) is 2.14. The van der Waals surface area contributed by atoms with E-state index in [9.17, 15) is 0 Å². The molecule has 0 spiro atoms. The summed E-state index contributed by atoms with van der Waals surface area (Å²) >= 11 is 0. The third-order valence-corrected chi connectivity index (χ3v) is 0.829. The van der Waals surface area contributed by atoms with Crippen LogP contribution in [0.25, 0.3) is 0 Å². The van der Waals surface area contributed by atoms with Gasteiger partial charge >= 0.3 is 0 Å². The molecule has 0 aromatic heterocycles. The maximum absolute atomic E-state index is 4.96. The molecule has 39 valence electrons. The van der Waals surface area contributed by atoms with Crippen LogP contribution in [0.3, 0.4) is 0 Å². The average molecular weight is 98.1 g/mol. The largest absolute Gasteiger partial charge is 0.270 e. The zero-order chi connectivity index (χ0) is 5.11. The van der Waals surface area contributed by atoms with E-state index in [4.69, 9.17) is 4.84 Å². The van der Waals surface area contributed by atoms with Gasteiger partial charge in [0.05, 0.1) is 6.61 Å². The molecule has 1 radical (unpaired) electrons. The van der Waals surface area contributed by atoms with E-state index in [2.05, 4.69) is 6.92 Å². The van der Waals surface area contributed by atoms with Crippen LogP contribution >= 0.6 is 0 Å². The first-order chi connectivity index (χ1) is 3.43. The van der Waals surface area contributed by atoms with Gasteiger partial charge in [0, 0.05) is 12.7 Å². The number of nitrogens with zero attached hydrogens (tertiary/aromatic N) is 1. The van der Waals surface area contributed by atoms with E-state index in [1.807, 2.05) is 12.3 Å². The monoisotopic (exact) mass is 98.1 g/mol. The Bertz CT molecular complexity index is 80.1. The highest BCUT2D eigenvalue weighted by Gasteiger charge is 1.97. The van der Waals surface area contributed by atoms with Crippen molar-refractivity contribution in [2.24, 2.45) is 0 Å². The Labute approximate surface area is 43.3 Å². The molecule has 0 aliphatic carbocycles. The standard InChI is InChI=1S/C5H8NO/c1-2-6-4-3-5-7-6/h3-4H,1-2,5H2. The first-order valence-corrected chi connectivity index (χ1v) is 2.29. The molecule has 2 heteroatoms. The van der Waals surface area contributed by atoms with Crippen molar-refractivity contribution in [3.63, 3.8) is 0 Å². The van der Waals surface area contributed by atoms with Gasteiger partial charge in [-0.15, -0.1) is 0 Å². The third kappa shape index (κ3) is 0.933. The van der Waals surface area contributed by atoms with Crippen LogP contribution in [0.15, 0.2) is 12.3 Å². The first kappa shape index (κ1) is 4.65. The number of rotatable bonds is 1. The van der Waals surface area contributed by atoms with Crippen LogP contribution in [0.5, 0.6) is 0 Å². The lowest BCUT2D eigenvalue weighted by molar-refractivity contribution is -0.0809. The lowest BCUT2D eigenvalue weighted by atomic mass is 10.6. The number of hydrogen-bond donors (Lipinski definition) is 0. The topological polar surface area (TPSA) is 12.5 Å². The predicted octanol–water partition coefficient (Wildman–Crippen LogP) is 0.581. The molecule has 1 aliphatic rings. The summed E-state index contributed by atoms with van der Waals surface area (Å²) in [5.41, 5.74) is 0. The van der Waals surface area contributed by atoms with Crippen LogP contribution in [-0.4, -0.2) is 18.2 Å². The van der Waals surface area contributed by atoms with Gasteiger partial charge < -0.3 is 0 Å². The molecule has 1 rings (SSSR count). The van der Waals surface area contributed by atoms with Gasteiger partial charge in [-0.05, 0) is 13.0 Å². The van der Waals surface area contributed by atoms with Crippen molar-refractivity contribution in [1.29, 1.82) is 0 Å². The summed E-state index contributed by atoms with van der Waals surface area (Å²) in [6, 6.07) is 0. The van der Waals surface area contributed by atoms with E-state index >= 15 is 0 Å². The Balaban J connectivity index is 2.28. The fourth-order valence-electron chi connectivity index (χ4n) is 0.481. The van der Waals surface area contributed by atoms with E-state index in [1.54, 1.807) is 5.06 Å². The van der Waals surface area contributed by atoms with Gasteiger partial charge in [-0.1, -0.05) is 0 Å². The van der Waals surface area contributed by atoms with Crippen molar-refractivity contribution < 1.29 is 4.84 Å². The highest BCUT2D eigenvalue weighted by atomic mass is 16.7. The van der Waals surface area contributed by atoms with E-state index in [0.29, 0.717) is 13.2 Å². The van der Waals surface area contributed by atoms with Crippen LogP contribution in [0.4, 0.5) is 0 Å². The fourth-order valence-corrected chi connectivity index (χ4v) is 0.481. The second-order valence-electron chi connectivity index (χ2n) is 1.32. The molecule has 1 heterocycles. The molecule has 0 saturated carbocycles. The summed E-state index contributed by atoms with van der Waals surface area (Å²) in [5.74, 6) is 0. The van der Waals surface area contributed by atoms with Crippen LogP contribution in [-0.2, 0) is 4.84 Å². The summed E-state index contributed by atoms with van der Waals surface area (Å²) in [6.07, 6.45) is 3.83. The van der Waals surface area contributed by atoms with Crippen molar-refractivity contribution in [3.05, 3.63) is 19.2 Å². The van der Waals surface area contributed by atoms with Crippen molar-refractivity contribution >= 4 is 0 Å². The zero-order valence-electron chi connectivity index (χ0n) is 4.13. The highest BCUT2D eigenvalue weighted by Crippen LogP contribution is 1.97. The first-order valence-electron chi connectivity index (χ1n) is 2.29. The van der Waals surface area contributed by atoms with Crippen molar-refractivity contribution in [1.82, 2.24) is 5.06 Å². The molecule has 0 saturated heterocycles. The fraction of sp³-hybridized carbons (Fsp3) is 0.400. The maximum atomic E-state index is 4.96. The number of hydrogen-bond acceptors (Lipinski definition) is 2. The predicted molar refractivity (Wildman–Crippen MR) is 27.2 cm³/mol. The second-order valence-corrected chi connectivity index (χ2v) is 1.32. The minimum Gasteiger partial charge on any atom is -0.270 e. The molecule has 0 amide bonds. The summed E-state index contributed by atoms with van der Waals surface area (Å²) in [4.78, 5) is 4.96. The van der Waals surface area contributed by atoms with Crippen molar-refractivity contribution in [3.8, 4) is 0 Å². The maximum Gasteiger partial charge on any atom is 0.0947 e. The SMILES string of the molecule is [CH2]CN1C=CCO1. The molecular weight excluding hydrogens is 90.1 g/mol. The number of hydroxylamine groups is 2. The Morgan fingerprint density at radius 3 is 3.00 bits per heavy atom. The van der Waals surface area contributed by atoms with Gasteiger partial charge in [0.2, 0.25) is 0 Å². The van der Waals surface area contributed by atoms with Crippen molar-refractivity contribution in [2.75, 3.05) is 13.2 Å². The van der Waals surface area contributed by atoms with Crippen LogP contribution in [0, 0.1) is 6.92 Å². The van der Waals surface area contributed by atoms with E-state index in [0.717, 1.165) is 0 Å². The van der Waals surface area contributed by atoms with Crippen LogP contribution in [0.1, 0.15) is 0 Å². The minimum atomic E-state index is 0.691.